The minimum Gasteiger partial charge on any atom is -0.310 e. The summed E-state index contributed by atoms with van der Waals surface area (Å²) < 4.78 is 2.38. The Balaban J connectivity index is 0.871. The second kappa shape index (κ2) is 15.7. The minimum atomic E-state index is -0.310. The van der Waals surface area contributed by atoms with Crippen LogP contribution in [0.2, 0.25) is 0 Å². The highest BCUT2D eigenvalue weighted by atomic mass is 15.1. The number of rotatable bonds is 7. The molecule has 324 valence electrons. The summed E-state index contributed by atoms with van der Waals surface area (Å²) in [6, 6.07) is 89.7. The second-order valence-electron chi connectivity index (χ2n) is 18.7. The SMILES string of the molecule is C1=CC2=C(CC1)C1(c3ccccc3-c3ccccc31)c1cccc(-c3cccc(N(c4ccc(-c5ccccc5)cc4)c4ccc(-c5ccc(-n6c7ccccc7c7ccccc76)cc5)cc4)c3)c12. The van der Waals surface area contributed by atoms with Gasteiger partial charge in [0, 0.05) is 33.5 Å². The normalized spacial score (nSPS) is 14.0. The van der Waals surface area contributed by atoms with Crippen LogP contribution < -0.4 is 4.90 Å². The Bertz CT molecular complexity index is 3770. The molecule has 0 bridgehead atoms. The van der Waals surface area contributed by atoms with Gasteiger partial charge in [0.15, 0.2) is 0 Å². The van der Waals surface area contributed by atoms with Crippen molar-refractivity contribution in [3.8, 4) is 50.2 Å². The summed E-state index contributed by atoms with van der Waals surface area (Å²) >= 11 is 0. The van der Waals surface area contributed by atoms with Gasteiger partial charge in [-0.1, -0.05) is 194 Å². The van der Waals surface area contributed by atoms with Crippen molar-refractivity contribution in [3.63, 3.8) is 0 Å². The lowest BCUT2D eigenvalue weighted by Crippen LogP contribution is -2.27. The van der Waals surface area contributed by atoms with Crippen molar-refractivity contribution in [2.75, 3.05) is 4.90 Å². The van der Waals surface area contributed by atoms with Gasteiger partial charge in [0.1, 0.15) is 0 Å². The van der Waals surface area contributed by atoms with E-state index in [1.54, 1.807) is 0 Å². The van der Waals surface area contributed by atoms with E-state index in [9.17, 15) is 0 Å². The maximum absolute atomic E-state index is 2.42. The van der Waals surface area contributed by atoms with Gasteiger partial charge in [-0.05, 0) is 151 Å². The molecule has 1 spiro atoms. The van der Waals surface area contributed by atoms with Crippen molar-refractivity contribution >= 4 is 44.4 Å². The Morgan fingerprint density at radius 3 is 1.51 bits per heavy atom. The Morgan fingerprint density at radius 1 is 0.377 bits per heavy atom. The van der Waals surface area contributed by atoms with Crippen LogP contribution in [0.3, 0.4) is 0 Å². The van der Waals surface area contributed by atoms with Gasteiger partial charge in [-0.15, -0.1) is 0 Å². The smallest absolute Gasteiger partial charge is 0.0688 e. The van der Waals surface area contributed by atoms with E-state index in [0.29, 0.717) is 0 Å². The molecule has 0 fully saturated rings. The van der Waals surface area contributed by atoms with Crippen LogP contribution >= 0.6 is 0 Å². The molecule has 0 saturated heterocycles. The van der Waals surface area contributed by atoms with E-state index in [4.69, 9.17) is 0 Å². The van der Waals surface area contributed by atoms with Crippen LogP contribution in [-0.2, 0) is 5.41 Å². The van der Waals surface area contributed by atoms with E-state index in [-0.39, 0.29) is 5.41 Å². The highest BCUT2D eigenvalue weighted by molar-refractivity contribution is 6.09. The number of allylic oxidation sites excluding steroid dienone is 4. The third-order valence-corrected chi connectivity index (χ3v) is 15.1. The molecule has 0 amide bonds. The van der Waals surface area contributed by atoms with Crippen molar-refractivity contribution in [1.29, 1.82) is 0 Å². The summed E-state index contributed by atoms with van der Waals surface area (Å²) in [6.07, 6.45) is 6.89. The molecule has 1 heterocycles. The van der Waals surface area contributed by atoms with Crippen molar-refractivity contribution < 1.29 is 0 Å². The molecule has 3 aliphatic carbocycles. The zero-order valence-electron chi connectivity index (χ0n) is 38.1. The lowest BCUT2D eigenvalue weighted by Gasteiger charge is -2.33. The van der Waals surface area contributed by atoms with Gasteiger partial charge in [-0.2, -0.15) is 0 Å². The average Bonchev–Trinajstić information content (AvgIpc) is 4.04. The standard InChI is InChI=1S/C67H46N2/c1-2-16-45(17-3-1)46-32-38-50(39-33-46)68(51-40-34-47(35-41-51)48-36-42-52(43-37-48)69-64-30-12-7-22-57(64)58-23-8-13-31-65(58)69)53-19-14-18-49(44-53)54-25-15-29-63-66(54)59-24-6-11-28-62(59)67(63)60-26-9-4-20-55(60)56-21-5-10-27-61(56)67/h1-10,12-27,29-44H,11,28H2. The molecule has 0 saturated carbocycles. The summed E-state index contributed by atoms with van der Waals surface area (Å²) in [5.74, 6) is 0. The highest BCUT2D eigenvalue weighted by Crippen LogP contribution is 2.64. The minimum absolute atomic E-state index is 0.310. The topological polar surface area (TPSA) is 8.17 Å². The molecule has 0 unspecified atom stereocenters. The molecular weight excluding hydrogens is 833 g/mol. The lowest BCUT2D eigenvalue weighted by atomic mass is 9.68. The van der Waals surface area contributed by atoms with E-state index in [0.717, 1.165) is 35.6 Å². The van der Waals surface area contributed by atoms with E-state index >= 15 is 0 Å². The molecule has 10 aromatic carbocycles. The van der Waals surface area contributed by atoms with Crippen LogP contribution in [-0.4, -0.2) is 4.57 Å². The van der Waals surface area contributed by atoms with Gasteiger partial charge in [0.25, 0.3) is 0 Å². The third kappa shape index (κ3) is 5.98. The van der Waals surface area contributed by atoms with Crippen LogP contribution in [0.4, 0.5) is 17.1 Å². The molecule has 0 radical (unpaired) electrons. The molecule has 3 aliphatic rings. The number of benzene rings is 10. The van der Waals surface area contributed by atoms with Gasteiger partial charge in [0.05, 0.1) is 16.4 Å². The van der Waals surface area contributed by atoms with Gasteiger partial charge < -0.3 is 9.47 Å². The number of aromatic nitrogens is 1. The molecule has 1 aromatic heterocycles. The van der Waals surface area contributed by atoms with Crippen LogP contribution in [0, 0.1) is 0 Å². The molecular formula is C67H46N2. The lowest BCUT2D eigenvalue weighted by molar-refractivity contribution is 0.714. The van der Waals surface area contributed by atoms with Crippen LogP contribution in [0.25, 0.3) is 77.6 Å². The average molecular weight is 879 g/mol. The monoisotopic (exact) mass is 878 g/mol. The maximum atomic E-state index is 2.42. The van der Waals surface area contributed by atoms with E-state index in [1.165, 1.54) is 99.7 Å². The van der Waals surface area contributed by atoms with E-state index in [1.807, 2.05) is 0 Å². The molecule has 0 aliphatic heterocycles. The number of fused-ring (bicyclic) bond motifs is 12. The van der Waals surface area contributed by atoms with Crippen molar-refractivity contribution in [1.82, 2.24) is 4.57 Å². The number of hydrogen-bond acceptors (Lipinski definition) is 1. The fraction of sp³-hybridized carbons (Fsp3) is 0.0448. The Kier molecular flexibility index (Phi) is 8.97. The van der Waals surface area contributed by atoms with Crippen molar-refractivity contribution in [2.24, 2.45) is 0 Å². The van der Waals surface area contributed by atoms with Gasteiger partial charge in [-0.25, -0.2) is 0 Å². The molecule has 0 atom stereocenters. The summed E-state index contributed by atoms with van der Waals surface area (Å²) in [7, 11) is 0. The Hall–Kier alpha value is -8.72. The fourth-order valence-corrected chi connectivity index (χ4v) is 12.2. The first-order valence-corrected chi connectivity index (χ1v) is 24.2. The number of nitrogens with zero attached hydrogens (tertiary/aromatic N) is 2. The molecule has 2 nitrogen and oxygen atoms in total. The molecule has 14 rings (SSSR count). The summed E-state index contributed by atoms with van der Waals surface area (Å²) in [5.41, 5.74) is 25.0. The van der Waals surface area contributed by atoms with E-state index < -0.39 is 0 Å². The zero-order valence-corrected chi connectivity index (χ0v) is 38.1. The summed E-state index contributed by atoms with van der Waals surface area (Å²) in [5, 5.41) is 2.54. The fourth-order valence-electron chi connectivity index (χ4n) is 12.2. The van der Waals surface area contributed by atoms with Crippen molar-refractivity contribution in [2.45, 2.75) is 18.3 Å². The highest BCUT2D eigenvalue weighted by Gasteiger charge is 2.53. The van der Waals surface area contributed by atoms with E-state index in [2.05, 4.69) is 264 Å². The Labute approximate surface area is 403 Å². The van der Waals surface area contributed by atoms with Gasteiger partial charge in [-0.3, -0.25) is 0 Å². The molecule has 11 aromatic rings. The van der Waals surface area contributed by atoms with Crippen LogP contribution in [0.15, 0.2) is 260 Å². The van der Waals surface area contributed by atoms with Crippen LogP contribution in [0.5, 0.6) is 0 Å². The molecule has 69 heavy (non-hydrogen) atoms. The first-order chi connectivity index (χ1) is 34.2. The van der Waals surface area contributed by atoms with Gasteiger partial charge >= 0.3 is 0 Å². The first-order valence-electron chi connectivity index (χ1n) is 24.2. The number of anilines is 3. The second-order valence-corrected chi connectivity index (χ2v) is 18.7. The summed E-state index contributed by atoms with van der Waals surface area (Å²) in [6.45, 7) is 0. The van der Waals surface area contributed by atoms with Crippen molar-refractivity contribution in [3.05, 3.63) is 283 Å². The number of hydrogen-bond donors (Lipinski definition) is 0. The molecule has 0 N–H and O–H groups in total. The van der Waals surface area contributed by atoms with Gasteiger partial charge in [0.2, 0.25) is 0 Å². The summed E-state index contributed by atoms with van der Waals surface area (Å²) in [4.78, 5) is 2.41. The predicted octanol–water partition coefficient (Wildman–Crippen LogP) is 17.7. The zero-order chi connectivity index (χ0) is 45.5. The van der Waals surface area contributed by atoms with Crippen LogP contribution in [0.1, 0.15) is 35.1 Å². The first kappa shape index (κ1) is 39.4. The predicted molar refractivity (Wildman–Crippen MR) is 289 cm³/mol. The largest absolute Gasteiger partial charge is 0.310 e. The Morgan fingerprint density at radius 2 is 0.870 bits per heavy atom. The maximum Gasteiger partial charge on any atom is 0.0688 e. The molecule has 2 heteroatoms. The number of para-hydroxylation sites is 2. The quantitative estimate of drug-likeness (QED) is 0.155. The third-order valence-electron chi connectivity index (χ3n) is 15.1.